The summed E-state index contributed by atoms with van der Waals surface area (Å²) >= 11 is 0. The molecule has 1 amide bonds. The van der Waals surface area contributed by atoms with Crippen LogP contribution in [0.15, 0.2) is 0 Å². The molecule has 0 aliphatic heterocycles. The lowest BCUT2D eigenvalue weighted by Gasteiger charge is -2.07. The fourth-order valence-electron chi connectivity index (χ4n) is 2.16. The van der Waals surface area contributed by atoms with Crippen molar-refractivity contribution in [3.63, 3.8) is 0 Å². The molecule has 0 saturated heterocycles. The number of aliphatic hydroxyl groups is 1. The van der Waals surface area contributed by atoms with Crippen LogP contribution in [0.2, 0.25) is 0 Å². The zero-order valence-electron chi connectivity index (χ0n) is 13.3. The molecule has 0 rings (SSSR count). The zero-order chi connectivity index (χ0) is 15.9. The van der Waals surface area contributed by atoms with Gasteiger partial charge in [-0.2, -0.15) is 0 Å². The molecule has 3 N–H and O–H groups in total. The van der Waals surface area contributed by atoms with E-state index in [0.717, 1.165) is 12.8 Å². The number of carboxylic acid groups (broad SMARTS) is 1. The van der Waals surface area contributed by atoms with E-state index in [2.05, 4.69) is 12.2 Å². The summed E-state index contributed by atoms with van der Waals surface area (Å²) in [6.45, 7) is 2.43. The summed E-state index contributed by atoms with van der Waals surface area (Å²) in [5, 5.41) is 20.1. The largest absolute Gasteiger partial charge is 0.479 e. The third kappa shape index (κ3) is 13.6. The minimum Gasteiger partial charge on any atom is -0.479 e. The number of aliphatic hydroxyl groups excluding tert-OH is 1. The van der Waals surface area contributed by atoms with Crippen LogP contribution in [0.4, 0.5) is 0 Å². The molecule has 1 atom stereocenters. The highest BCUT2D eigenvalue weighted by Crippen LogP contribution is 2.10. The van der Waals surface area contributed by atoms with Crippen LogP contribution in [-0.2, 0) is 9.59 Å². The molecule has 0 radical (unpaired) electrons. The minimum atomic E-state index is -1.39. The van der Waals surface area contributed by atoms with Crippen molar-refractivity contribution in [2.75, 3.05) is 6.54 Å². The maximum atomic E-state index is 11.5. The zero-order valence-corrected chi connectivity index (χ0v) is 13.3. The Labute approximate surface area is 128 Å². The minimum absolute atomic E-state index is 0.0544. The lowest BCUT2D eigenvalue weighted by atomic mass is 10.1. The lowest BCUT2D eigenvalue weighted by Crippen LogP contribution is -2.29. The SMILES string of the molecule is CCCCCCCCCCCC(=O)NCCC(O)C(=O)O. The Kier molecular flexibility index (Phi) is 13.1. The predicted molar refractivity (Wildman–Crippen MR) is 83.1 cm³/mol. The Balaban J connectivity index is 3.28. The number of hydrogen-bond acceptors (Lipinski definition) is 3. The number of hydrogen-bond donors (Lipinski definition) is 3. The highest BCUT2D eigenvalue weighted by molar-refractivity contribution is 5.76. The summed E-state index contributed by atoms with van der Waals surface area (Å²) in [4.78, 5) is 21.8. The topological polar surface area (TPSA) is 86.6 Å². The smallest absolute Gasteiger partial charge is 0.332 e. The summed E-state index contributed by atoms with van der Waals surface area (Å²) in [7, 11) is 0. The third-order valence-corrected chi connectivity index (χ3v) is 3.53. The third-order valence-electron chi connectivity index (χ3n) is 3.53. The van der Waals surface area contributed by atoms with Crippen molar-refractivity contribution in [2.24, 2.45) is 0 Å². The Bertz CT molecular complexity index is 281. The monoisotopic (exact) mass is 301 g/mol. The average molecular weight is 301 g/mol. The Morgan fingerprint density at radius 1 is 0.952 bits per heavy atom. The number of nitrogens with one attached hydrogen (secondary N) is 1. The predicted octanol–water partition coefficient (Wildman–Crippen LogP) is 2.86. The van der Waals surface area contributed by atoms with Crippen molar-refractivity contribution in [3.05, 3.63) is 0 Å². The van der Waals surface area contributed by atoms with Crippen molar-refractivity contribution in [3.8, 4) is 0 Å². The average Bonchev–Trinajstić information content (AvgIpc) is 2.45. The van der Waals surface area contributed by atoms with E-state index >= 15 is 0 Å². The highest BCUT2D eigenvalue weighted by Gasteiger charge is 2.12. The van der Waals surface area contributed by atoms with Gasteiger partial charge < -0.3 is 15.5 Å². The lowest BCUT2D eigenvalue weighted by molar-refractivity contribution is -0.147. The van der Waals surface area contributed by atoms with Gasteiger partial charge in [-0.25, -0.2) is 4.79 Å². The van der Waals surface area contributed by atoms with Gasteiger partial charge in [0.2, 0.25) is 5.91 Å². The summed E-state index contributed by atoms with van der Waals surface area (Å²) in [5.41, 5.74) is 0. The molecule has 0 aliphatic carbocycles. The first kappa shape index (κ1) is 19.9. The quantitative estimate of drug-likeness (QED) is 0.431. The van der Waals surface area contributed by atoms with Crippen molar-refractivity contribution in [1.82, 2.24) is 5.32 Å². The van der Waals surface area contributed by atoms with Gasteiger partial charge >= 0.3 is 5.97 Å². The molecular formula is C16H31NO4. The molecule has 0 aliphatic rings. The Hall–Kier alpha value is -1.10. The van der Waals surface area contributed by atoms with Gasteiger partial charge in [0.15, 0.2) is 6.10 Å². The molecule has 0 aromatic heterocycles. The second kappa shape index (κ2) is 13.9. The molecule has 124 valence electrons. The summed E-state index contributed by atoms with van der Waals surface area (Å²) in [6.07, 6.45) is 10.1. The van der Waals surface area contributed by atoms with E-state index in [1.807, 2.05) is 0 Å². The van der Waals surface area contributed by atoms with Crippen molar-refractivity contribution >= 4 is 11.9 Å². The number of aliphatic carboxylic acids is 1. The second-order valence-electron chi connectivity index (χ2n) is 5.57. The standard InChI is InChI=1S/C16H31NO4/c1-2-3-4-5-6-7-8-9-10-11-15(19)17-13-12-14(18)16(20)21/h14,18H,2-13H2,1H3,(H,17,19)(H,20,21). The molecule has 5 nitrogen and oxygen atoms in total. The van der Waals surface area contributed by atoms with Crippen LogP contribution >= 0.6 is 0 Å². The molecule has 0 aromatic carbocycles. The molecule has 0 aromatic rings. The maximum Gasteiger partial charge on any atom is 0.332 e. The van der Waals surface area contributed by atoms with E-state index in [9.17, 15) is 9.59 Å². The van der Waals surface area contributed by atoms with Gasteiger partial charge in [-0.1, -0.05) is 58.3 Å². The van der Waals surface area contributed by atoms with E-state index in [-0.39, 0.29) is 18.9 Å². The van der Waals surface area contributed by atoms with Crippen LogP contribution in [0, 0.1) is 0 Å². The van der Waals surface area contributed by atoms with Crippen LogP contribution in [0.1, 0.15) is 77.6 Å². The molecule has 0 saturated carbocycles. The van der Waals surface area contributed by atoms with E-state index in [1.165, 1.54) is 44.9 Å². The first-order chi connectivity index (χ1) is 10.1. The fraction of sp³-hybridized carbons (Fsp3) is 0.875. The van der Waals surface area contributed by atoms with E-state index in [1.54, 1.807) is 0 Å². The van der Waals surface area contributed by atoms with Crippen LogP contribution in [0.5, 0.6) is 0 Å². The molecule has 5 heteroatoms. The molecule has 1 unspecified atom stereocenters. The number of unbranched alkanes of at least 4 members (excludes halogenated alkanes) is 8. The number of amides is 1. The van der Waals surface area contributed by atoms with Crippen molar-refractivity contribution in [2.45, 2.75) is 83.7 Å². The molecule has 0 bridgehead atoms. The Morgan fingerprint density at radius 3 is 2.00 bits per heavy atom. The Morgan fingerprint density at radius 2 is 1.48 bits per heavy atom. The van der Waals surface area contributed by atoms with Gasteiger partial charge in [-0.3, -0.25) is 4.79 Å². The molecule has 21 heavy (non-hydrogen) atoms. The fourth-order valence-corrected chi connectivity index (χ4v) is 2.16. The first-order valence-electron chi connectivity index (χ1n) is 8.25. The first-order valence-corrected chi connectivity index (χ1v) is 8.25. The molecule has 0 heterocycles. The summed E-state index contributed by atoms with van der Waals surface area (Å²) < 4.78 is 0. The number of carboxylic acids is 1. The van der Waals surface area contributed by atoms with Gasteiger partial charge in [0, 0.05) is 19.4 Å². The van der Waals surface area contributed by atoms with Crippen molar-refractivity contribution < 1.29 is 19.8 Å². The summed E-state index contributed by atoms with van der Waals surface area (Å²) in [6, 6.07) is 0. The highest BCUT2D eigenvalue weighted by atomic mass is 16.4. The van der Waals surface area contributed by atoms with Gasteiger partial charge in [-0.05, 0) is 6.42 Å². The van der Waals surface area contributed by atoms with Crippen LogP contribution < -0.4 is 5.32 Å². The molecular weight excluding hydrogens is 270 g/mol. The second-order valence-corrected chi connectivity index (χ2v) is 5.57. The molecule has 0 fully saturated rings. The van der Waals surface area contributed by atoms with Crippen LogP contribution in [-0.4, -0.2) is 34.7 Å². The van der Waals surface area contributed by atoms with Crippen LogP contribution in [0.25, 0.3) is 0 Å². The number of rotatable bonds is 14. The van der Waals surface area contributed by atoms with Gasteiger partial charge in [0.25, 0.3) is 0 Å². The van der Waals surface area contributed by atoms with Gasteiger partial charge in [-0.15, -0.1) is 0 Å². The number of carbonyl (C=O) groups excluding carboxylic acids is 1. The maximum absolute atomic E-state index is 11.5. The van der Waals surface area contributed by atoms with E-state index in [0.29, 0.717) is 6.42 Å². The number of carbonyl (C=O) groups is 2. The van der Waals surface area contributed by atoms with Gasteiger partial charge in [0.05, 0.1) is 0 Å². The summed E-state index contributed by atoms with van der Waals surface area (Å²) in [5.74, 6) is -1.31. The normalized spacial score (nSPS) is 12.1. The molecule has 0 spiro atoms. The van der Waals surface area contributed by atoms with Gasteiger partial charge in [0.1, 0.15) is 0 Å². The van der Waals surface area contributed by atoms with E-state index in [4.69, 9.17) is 10.2 Å². The van der Waals surface area contributed by atoms with Crippen LogP contribution in [0.3, 0.4) is 0 Å². The van der Waals surface area contributed by atoms with E-state index < -0.39 is 12.1 Å². The van der Waals surface area contributed by atoms with Crippen molar-refractivity contribution in [1.29, 1.82) is 0 Å².